The number of carbonyl (C=O) groups excluding carboxylic acids is 1. The van der Waals surface area contributed by atoms with Gasteiger partial charge in [-0.05, 0) is 66.9 Å². The minimum atomic E-state index is -0.306. The number of thiophene rings is 1. The molecule has 2 heterocycles. The van der Waals surface area contributed by atoms with Crippen LogP contribution in [0, 0.1) is 0 Å². The van der Waals surface area contributed by atoms with Crippen LogP contribution in [0.25, 0.3) is 0 Å². The molecule has 0 fully saturated rings. The van der Waals surface area contributed by atoms with Crippen molar-refractivity contribution in [2.45, 2.75) is 25.9 Å². The normalized spacial score (nSPS) is 14.5. The quantitative estimate of drug-likeness (QED) is 0.631. The Morgan fingerprint density at radius 1 is 1.14 bits per heavy atom. The summed E-state index contributed by atoms with van der Waals surface area (Å²) < 4.78 is 0. The fraction of sp³-hybridized carbons (Fsp3) is 0.292. The zero-order valence-electron chi connectivity index (χ0n) is 17.0. The van der Waals surface area contributed by atoms with E-state index in [1.807, 2.05) is 60.8 Å². The van der Waals surface area contributed by atoms with Gasteiger partial charge in [0.25, 0.3) is 0 Å². The Hall–Kier alpha value is -2.63. The van der Waals surface area contributed by atoms with Gasteiger partial charge in [-0.2, -0.15) is 0 Å². The summed E-state index contributed by atoms with van der Waals surface area (Å²) in [5.74, 6) is -0.00538. The van der Waals surface area contributed by atoms with Gasteiger partial charge in [-0.1, -0.05) is 37.3 Å². The molecule has 0 saturated carbocycles. The Kier molecular flexibility index (Phi) is 5.97. The molecule has 1 aliphatic rings. The van der Waals surface area contributed by atoms with Crippen LogP contribution in [0.3, 0.4) is 0 Å². The van der Waals surface area contributed by atoms with Gasteiger partial charge in [-0.3, -0.25) is 9.69 Å². The van der Waals surface area contributed by atoms with E-state index in [1.54, 1.807) is 0 Å². The van der Waals surface area contributed by atoms with E-state index in [4.69, 9.17) is 0 Å². The zero-order valence-corrected chi connectivity index (χ0v) is 17.8. The summed E-state index contributed by atoms with van der Waals surface area (Å²) >= 11 is 1.86. The third-order valence-corrected chi connectivity index (χ3v) is 6.63. The molecule has 3 aromatic rings. The van der Waals surface area contributed by atoms with Gasteiger partial charge < -0.3 is 10.2 Å². The first-order valence-electron chi connectivity index (χ1n) is 10.1. The maximum atomic E-state index is 13.0. The number of nitrogens with one attached hydrogen (secondary N) is 1. The molecular weight excluding hydrogens is 378 g/mol. The third-order valence-electron chi connectivity index (χ3n) is 5.61. The summed E-state index contributed by atoms with van der Waals surface area (Å²) in [6.07, 6.45) is 1.10. The predicted molar refractivity (Wildman–Crippen MR) is 122 cm³/mol. The summed E-state index contributed by atoms with van der Waals surface area (Å²) in [6.45, 7) is 4.86. The van der Waals surface area contributed by atoms with Crippen molar-refractivity contribution in [3.8, 4) is 0 Å². The summed E-state index contributed by atoms with van der Waals surface area (Å²) in [5, 5.41) is 5.28. The van der Waals surface area contributed by atoms with E-state index in [0.717, 1.165) is 37.3 Å². The molecule has 2 aromatic carbocycles. The molecule has 1 aromatic heterocycles. The summed E-state index contributed by atoms with van der Waals surface area (Å²) in [5.41, 5.74) is 4.47. The summed E-state index contributed by atoms with van der Waals surface area (Å²) in [4.78, 5) is 19.0. The Labute approximate surface area is 176 Å². The second-order valence-corrected chi connectivity index (χ2v) is 8.46. The molecule has 1 atom stereocenters. The van der Waals surface area contributed by atoms with Crippen LogP contribution in [-0.2, 0) is 17.8 Å². The highest BCUT2D eigenvalue weighted by atomic mass is 32.1. The molecule has 0 aliphatic carbocycles. The number of carbonyl (C=O) groups is 1. The third kappa shape index (κ3) is 4.36. The first kappa shape index (κ1) is 19.7. The van der Waals surface area contributed by atoms with E-state index in [0.29, 0.717) is 0 Å². The van der Waals surface area contributed by atoms with Crippen LogP contribution in [0.5, 0.6) is 0 Å². The van der Waals surface area contributed by atoms with Gasteiger partial charge in [-0.15, -0.1) is 11.3 Å². The largest absolute Gasteiger partial charge is 0.367 e. The predicted octanol–water partition coefficient (Wildman–Crippen LogP) is 4.94. The monoisotopic (exact) mass is 405 g/mol. The lowest BCUT2D eigenvalue weighted by atomic mass is 10.0. The second kappa shape index (κ2) is 8.80. The van der Waals surface area contributed by atoms with E-state index < -0.39 is 0 Å². The molecule has 1 aliphatic heterocycles. The summed E-state index contributed by atoms with van der Waals surface area (Å²) in [7, 11) is 1.98. The van der Waals surface area contributed by atoms with Crippen LogP contribution in [0.1, 0.15) is 29.0 Å². The van der Waals surface area contributed by atoms with E-state index in [2.05, 4.69) is 45.6 Å². The van der Waals surface area contributed by atoms with Crippen LogP contribution in [-0.4, -0.2) is 30.9 Å². The van der Waals surface area contributed by atoms with Crippen molar-refractivity contribution in [2.24, 2.45) is 0 Å². The number of hydrogen-bond donors (Lipinski definition) is 1. The molecule has 4 nitrogen and oxygen atoms in total. The Morgan fingerprint density at radius 3 is 2.62 bits per heavy atom. The van der Waals surface area contributed by atoms with Crippen molar-refractivity contribution in [1.29, 1.82) is 0 Å². The Morgan fingerprint density at radius 2 is 1.90 bits per heavy atom. The molecule has 1 N–H and O–H groups in total. The van der Waals surface area contributed by atoms with E-state index in [9.17, 15) is 4.79 Å². The van der Waals surface area contributed by atoms with Crippen molar-refractivity contribution in [2.75, 3.05) is 30.4 Å². The van der Waals surface area contributed by atoms with Crippen LogP contribution >= 0.6 is 11.3 Å². The first-order chi connectivity index (χ1) is 14.2. The number of amides is 1. The van der Waals surface area contributed by atoms with Gasteiger partial charge in [0.15, 0.2) is 0 Å². The standard InChI is InChI=1S/C24H27N3OS/c1-3-26(2)23(18-7-5-4-6-8-18)24(28)25-20-9-11-21(12-10-20)27-15-13-22-19(17-27)14-16-29-22/h4-12,14,16,23H,3,13,15,17H2,1-2H3,(H,25,28). The average Bonchev–Trinajstić information content (AvgIpc) is 3.23. The number of likely N-dealkylation sites (N-methyl/N-ethyl adjacent to an activating group) is 1. The van der Waals surface area contributed by atoms with Crippen LogP contribution < -0.4 is 10.2 Å². The smallest absolute Gasteiger partial charge is 0.246 e. The lowest BCUT2D eigenvalue weighted by molar-refractivity contribution is -0.121. The Bertz CT molecular complexity index is 952. The van der Waals surface area contributed by atoms with E-state index in [-0.39, 0.29) is 11.9 Å². The molecule has 0 saturated heterocycles. The lowest BCUT2D eigenvalue weighted by Gasteiger charge is -2.29. The topological polar surface area (TPSA) is 35.6 Å². The number of benzene rings is 2. The van der Waals surface area contributed by atoms with Crippen LogP contribution in [0.2, 0.25) is 0 Å². The molecule has 29 heavy (non-hydrogen) atoms. The lowest BCUT2D eigenvalue weighted by Crippen LogP contribution is -2.34. The maximum absolute atomic E-state index is 13.0. The number of rotatable bonds is 6. The van der Waals surface area contributed by atoms with Gasteiger partial charge in [0.1, 0.15) is 6.04 Å². The SMILES string of the molecule is CCN(C)C(C(=O)Nc1ccc(N2CCc3sccc3C2)cc1)c1ccccc1. The molecular formula is C24H27N3OS. The Balaban J connectivity index is 1.46. The van der Waals surface area contributed by atoms with E-state index >= 15 is 0 Å². The van der Waals surface area contributed by atoms with Crippen molar-refractivity contribution in [1.82, 2.24) is 4.90 Å². The molecule has 4 rings (SSSR count). The molecule has 1 unspecified atom stereocenters. The van der Waals surface area contributed by atoms with Gasteiger partial charge in [-0.25, -0.2) is 0 Å². The minimum Gasteiger partial charge on any atom is -0.367 e. The van der Waals surface area contributed by atoms with Crippen molar-refractivity contribution >= 4 is 28.6 Å². The molecule has 1 amide bonds. The molecule has 150 valence electrons. The fourth-order valence-electron chi connectivity index (χ4n) is 3.86. The maximum Gasteiger partial charge on any atom is 0.246 e. The number of nitrogens with zero attached hydrogens (tertiary/aromatic N) is 2. The number of anilines is 2. The highest BCUT2D eigenvalue weighted by molar-refractivity contribution is 7.10. The van der Waals surface area contributed by atoms with Gasteiger partial charge in [0.05, 0.1) is 0 Å². The number of fused-ring (bicyclic) bond motifs is 1. The van der Waals surface area contributed by atoms with Gasteiger partial charge >= 0.3 is 0 Å². The van der Waals surface area contributed by atoms with Crippen LogP contribution in [0.4, 0.5) is 11.4 Å². The average molecular weight is 406 g/mol. The zero-order chi connectivity index (χ0) is 20.2. The van der Waals surface area contributed by atoms with Crippen molar-refractivity contribution in [3.05, 3.63) is 82.0 Å². The van der Waals surface area contributed by atoms with E-state index in [1.165, 1.54) is 16.1 Å². The minimum absolute atomic E-state index is 0.00538. The summed E-state index contributed by atoms with van der Waals surface area (Å²) in [6, 6.07) is 20.1. The molecule has 5 heteroatoms. The molecule has 0 radical (unpaired) electrons. The number of hydrogen-bond acceptors (Lipinski definition) is 4. The van der Waals surface area contributed by atoms with Gasteiger partial charge in [0.2, 0.25) is 5.91 Å². The van der Waals surface area contributed by atoms with Crippen molar-refractivity contribution in [3.63, 3.8) is 0 Å². The highest BCUT2D eigenvalue weighted by Crippen LogP contribution is 2.29. The fourth-order valence-corrected chi connectivity index (χ4v) is 4.75. The molecule has 0 bridgehead atoms. The van der Waals surface area contributed by atoms with Crippen molar-refractivity contribution < 1.29 is 4.79 Å². The second-order valence-electron chi connectivity index (χ2n) is 7.46. The molecule has 0 spiro atoms. The van der Waals surface area contributed by atoms with Crippen LogP contribution in [0.15, 0.2) is 66.0 Å². The van der Waals surface area contributed by atoms with Gasteiger partial charge in [0, 0.05) is 29.3 Å². The first-order valence-corrected chi connectivity index (χ1v) is 11.0. The highest BCUT2D eigenvalue weighted by Gasteiger charge is 2.24.